The van der Waals surface area contributed by atoms with Crippen LogP contribution in [0.2, 0.25) is 0 Å². The molecule has 1 unspecified atom stereocenters. The maximum atomic E-state index is 11.6. The summed E-state index contributed by atoms with van der Waals surface area (Å²) in [6, 6.07) is 9.64. The van der Waals surface area contributed by atoms with Crippen molar-refractivity contribution in [2.45, 2.75) is 25.4 Å². The molecule has 20 heavy (non-hydrogen) atoms. The summed E-state index contributed by atoms with van der Waals surface area (Å²) in [5, 5.41) is 3.33. The Balaban J connectivity index is 1.93. The zero-order chi connectivity index (χ0) is 13.9. The highest BCUT2D eigenvalue weighted by molar-refractivity contribution is 6.49. The van der Waals surface area contributed by atoms with Crippen LogP contribution in [0.25, 0.3) is 5.03 Å². The van der Waals surface area contributed by atoms with E-state index in [1.165, 1.54) is 0 Å². The van der Waals surface area contributed by atoms with E-state index in [4.69, 9.17) is 16.3 Å². The van der Waals surface area contributed by atoms with Gasteiger partial charge < -0.3 is 4.74 Å². The predicted molar refractivity (Wildman–Crippen MR) is 79.1 cm³/mol. The summed E-state index contributed by atoms with van der Waals surface area (Å²) >= 11 is 6.46. The lowest BCUT2D eigenvalue weighted by Gasteiger charge is -2.23. The topological polar surface area (TPSA) is 38.3 Å². The average molecular weight is 290 g/mol. The van der Waals surface area contributed by atoms with Crippen LogP contribution in [0.1, 0.15) is 24.8 Å². The van der Waals surface area contributed by atoms with Gasteiger partial charge in [0.1, 0.15) is 6.10 Å². The van der Waals surface area contributed by atoms with E-state index in [0.29, 0.717) is 16.6 Å². The van der Waals surface area contributed by atoms with Gasteiger partial charge in [0.05, 0.1) is 10.7 Å². The molecule has 2 aliphatic rings. The van der Waals surface area contributed by atoms with Gasteiger partial charge in [0.2, 0.25) is 0 Å². The number of benzene rings is 1. The first-order valence-electron chi connectivity index (χ1n) is 6.83. The van der Waals surface area contributed by atoms with E-state index in [-0.39, 0.29) is 6.10 Å². The third-order valence-electron chi connectivity index (χ3n) is 3.76. The summed E-state index contributed by atoms with van der Waals surface area (Å²) in [5.41, 5.74) is 1.59. The summed E-state index contributed by atoms with van der Waals surface area (Å²) in [4.78, 5) is 11.6. The second-order valence-electron chi connectivity index (χ2n) is 5.09. The van der Waals surface area contributed by atoms with E-state index in [9.17, 15) is 4.79 Å². The molecule has 104 valence electrons. The smallest absolute Gasteiger partial charge is 0.412 e. The van der Waals surface area contributed by atoms with Gasteiger partial charge in [0.25, 0.3) is 0 Å². The Morgan fingerprint density at radius 1 is 1.25 bits per heavy atom. The van der Waals surface area contributed by atoms with Crippen LogP contribution in [-0.2, 0) is 4.74 Å². The normalized spacial score (nSPS) is 27.9. The maximum Gasteiger partial charge on any atom is 0.412 e. The zero-order valence-corrected chi connectivity index (χ0v) is 11.8. The summed E-state index contributed by atoms with van der Waals surface area (Å²) in [6.07, 6.45) is 6.60. The van der Waals surface area contributed by atoms with Gasteiger partial charge >= 0.3 is 6.09 Å². The van der Waals surface area contributed by atoms with Crippen molar-refractivity contribution in [1.82, 2.24) is 5.32 Å². The molecular weight excluding hydrogens is 274 g/mol. The van der Waals surface area contributed by atoms with Crippen molar-refractivity contribution >= 4 is 22.7 Å². The number of hydrogen-bond acceptors (Lipinski definition) is 2. The van der Waals surface area contributed by atoms with Gasteiger partial charge in [-0.15, -0.1) is 0 Å². The first kappa shape index (κ1) is 13.3. The molecule has 1 aliphatic carbocycles. The minimum atomic E-state index is -0.409. The van der Waals surface area contributed by atoms with E-state index in [1.54, 1.807) is 0 Å². The van der Waals surface area contributed by atoms with Crippen LogP contribution in [-0.4, -0.2) is 12.2 Å². The van der Waals surface area contributed by atoms with Crippen molar-refractivity contribution in [3.63, 3.8) is 0 Å². The van der Waals surface area contributed by atoms with Crippen molar-refractivity contribution in [1.29, 1.82) is 0 Å². The van der Waals surface area contributed by atoms with Gasteiger partial charge in [-0.05, 0) is 24.8 Å². The van der Waals surface area contributed by atoms with E-state index in [1.807, 2.05) is 30.3 Å². The van der Waals surface area contributed by atoms with E-state index >= 15 is 0 Å². The maximum absolute atomic E-state index is 11.6. The fraction of sp³-hybridized carbons (Fsp3) is 0.312. The first-order valence-corrected chi connectivity index (χ1v) is 7.21. The molecule has 0 saturated carbocycles. The van der Waals surface area contributed by atoms with Gasteiger partial charge in [-0.1, -0.05) is 54.1 Å². The van der Waals surface area contributed by atoms with E-state index in [2.05, 4.69) is 17.5 Å². The van der Waals surface area contributed by atoms with Crippen LogP contribution in [0.3, 0.4) is 0 Å². The van der Waals surface area contributed by atoms with Crippen molar-refractivity contribution in [3.05, 3.63) is 53.7 Å². The Morgan fingerprint density at radius 3 is 2.75 bits per heavy atom. The molecule has 1 N–H and O–H groups in total. The Morgan fingerprint density at radius 2 is 2.05 bits per heavy atom. The van der Waals surface area contributed by atoms with Crippen LogP contribution < -0.4 is 5.32 Å². The van der Waals surface area contributed by atoms with Crippen LogP contribution in [0, 0.1) is 5.92 Å². The van der Waals surface area contributed by atoms with Crippen molar-refractivity contribution < 1.29 is 9.53 Å². The molecule has 3 rings (SSSR count). The lowest BCUT2D eigenvalue weighted by molar-refractivity contribution is 0.110. The molecule has 4 heteroatoms. The molecule has 0 aromatic heterocycles. The lowest BCUT2D eigenvalue weighted by atomic mass is 9.87. The first-order chi connectivity index (χ1) is 9.75. The molecule has 0 radical (unpaired) electrons. The minimum Gasteiger partial charge on any atom is -0.439 e. The van der Waals surface area contributed by atoms with Gasteiger partial charge in [-0.2, -0.15) is 0 Å². The number of amides is 1. The molecule has 0 bridgehead atoms. The molecule has 1 aliphatic heterocycles. The SMILES string of the molecule is O=C1N/C(=C(\Cl)c2ccccc2)[C@@H](C2CC=CCC2)O1. The molecule has 3 nitrogen and oxygen atoms in total. The second-order valence-corrected chi connectivity index (χ2v) is 5.47. The number of carbonyl (C=O) groups excluding carboxylic acids is 1. The van der Waals surface area contributed by atoms with Gasteiger partial charge in [0.15, 0.2) is 0 Å². The molecule has 1 fully saturated rings. The predicted octanol–water partition coefficient (Wildman–Crippen LogP) is 4.06. The minimum absolute atomic E-state index is 0.264. The molecule has 1 heterocycles. The summed E-state index contributed by atoms with van der Waals surface area (Å²) in [5.74, 6) is 0.298. The Hall–Kier alpha value is -1.74. The molecule has 1 aromatic carbocycles. The number of rotatable bonds is 2. The summed E-state index contributed by atoms with van der Waals surface area (Å²) < 4.78 is 5.43. The summed E-state index contributed by atoms with van der Waals surface area (Å²) in [7, 11) is 0. The van der Waals surface area contributed by atoms with E-state index < -0.39 is 6.09 Å². The lowest BCUT2D eigenvalue weighted by Crippen LogP contribution is -2.24. The molecule has 1 aromatic rings. The number of halogens is 1. The summed E-state index contributed by atoms with van der Waals surface area (Å²) in [6.45, 7) is 0. The number of nitrogens with one attached hydrogen (secondary N) is 1. The Bertz CT molecular complexity index is 565. The Labute approximate surface area is 123 Å². The standard InChI is InChI=1S/C16H16ClNO2/c17-13(11-7-3-1-4-8-11)14-15(20-16(19)18-14)12-9-5-2-6-10-12/h1-5,7-8,12,15H,6,9-10H2,(H,18,19)/b14-13-/t12?,15-/m1/s1. The second kappa shape index (κ2) is 5.71. The highest BCUT2D eigenvalue weighted by Crippen LogP contribution is 2.35. The Kier molecular flexibility index (Phi) is 3.79. The third kappa shape index (κ3) is 2.59. The molecule has 1 saturated heterocycles. The fourth-order valence-corrected chi connectivity index (χ4v) is 3.01. The number of cyclic esters (lactones) is 1. The highest BCUT2D eigenvalue weighted by atomic mass is 35.5. The zero-order valence-electron chi connectivity index (χ0n) is 11.0. The fourth-order valence-electron chi connectivity index (χ4n) is 2.73. The van der Waals surface area contributed by atoms with Gasteiger partial charge in [-0.25, -0.2) is 4.79 Å². The highest BCUT2D eigenvalue weighted by Gasteiger charge is 2.37. The van der Waals surface area contributed by atoms with Gasteiger partial charge in [0, 0.05) is 5.92 Å². The number of hydrogen-bond donors (Lipinski definition) is 1. The van der Waals surface area contributed by atoms with Crippen LogP contribution in [0.4, 0.5) is 4.79 Å². The van der Waals surface area contributed by atoms with Crippen LogP contribution in [0.15, 0.2) is 48.2 Å². The van der Waals surface area contributed by atoms with Crippen LogP contribution in [0.5, 0.6) is 0 Å². The molecule has 1 amide bonds. The number of ether oxygens (including phenoxy) is 1. The van der Waals surface area contributed by atoms with Crippen LogP contribution >= 0.6 is 11.6 Å². The third-order valence-corrected chi connectivity index (χ3v) is 4.18. The monoisotopic (exact) mass is 289 g/mol. The van der Waals surface area contributed by atoms with Crippen molar-refractivity contribution in [2.75, 3.05) is 0 Å². The largest absolute Gasteiger partial charge is 0.439 e. The van der Waals surface area contributed by atoms with Gasteiger partial charge in [-0.3, -0.25) is 5.32 Å². The number of carbonyl (C=O) groups is 1. The van der Waals surface area contributed by atoms with E-state index in [0.717, 1.165) is 24.8 Å². The average Bonchev–Trinajstić information content (AvgIpc) is 2.90. The number of alkyl carbamates (subject to hydrolysis) is 1. The quantitative estimate of drug-likeness (QED) is 0.834. The van der Waals surface area contributed by atoms with Crippen molar-refractivity contribution in [2.24, 2.45) is 5.92 Å². The molecule has 0 spiro atoms. The molecule has 2 atom stereocenters. The number of allylic oxidation sites excluding steroid dienone is 2. The van der Waals surface area contributed by atoms with Crippen molar-refractivity contribution in [3.8, 4) is 0 Å². The molecular formula is C16H16ClNO2.